The molecule has 0 saturated carbocycles. The second-order valence-electron chi connectivity index (χ2n) is 4.27. The fourth-order valence-corrected chi connectivity index (χ4v) is 2.44. The van der Waals surface area contributed by atoms with Crippen LogP contribution in [0, 0.1) is 0 Å². The molecule has 0 aromatic carbocycles. The number of carboxylic acid groups (broad SMARTS) is 2. The van der Waals surface area contributed by atoms with Crippen LogP contribution in [0.25, 0.3) is 0 Å². The van der Waals surface area contributed by atoms with Gasteiger partial charge in [-0.3, -0.25) is 9.59 Å². The Kier molecular flexibility index (Phi) is 17.5. The summed E-state index contributed by atoms with van der Waals surface area (Å²) >= 11 is 0. The Labute approximate surface area is 109 Å². The first kappa shape index (κ1) is 22.3. The van der Waals surface area contributed by atoms with Crippen molar-refractivity contribution in [3.8, 4) is 0 Å². The van der Waals surface area contributed by atoms with Gasteiger partial charge in [-0.1, -0.05) is 32.4 Å². The van der Waals surface area contributed by atoms with Crippen molar-refractivity contribution in [2.45, 2.75) is 46.2 Å². The molecule has 0 heterocycles. The van der Waals surface area contributed by atoms with Crippen LogP contribution in [-0.4, -0.2) is 52.9 Å². The maximum absolute atomic E-state index is 9.00. The van der Waals surface area contributed by atoms with Gasteiger partial charge in [0.05, 0.1) is 0 Å². The van der Waals surface area contributed by atoms with Gasteiger partial charge in [0.25, 0.3) is 11.9 Å². The molecule has 4 N–H and O–H groups in total. The van der Waals surface area contributed by atoms with E-state index in [1.165, 1.54) is 0 Å². The summed E-state index contributed by atoms with van der Waals surface area (Å²) in [7, 11) is -1.61. The number of rotatable bonds is 5. The minimum atomic E-state index is -1.61. The highest BCUT2D eigenvalue weighted by molar-refractivity contribution is 6.78. The average molecular weight is 282 g/mol. The number of hydrogen-bond donors (Lipinski definition) is 4. The number of unbranched alkanes of at least 4 members (excludes halogenated alkanes) is 1. The van der Waals surface area contributed by atoms with Crippen LogP contribution in [0.4, 0.5) is 0 Å². The molecule has 0 aliphatic rings. The predicted molar refractivity (Wildman–Crippen MR) is 72.1 cm³/mol. The largest absolute Gasteiger partial charge is 0.481 e. The van der Waals surface area contributed by atoms with Gasteiger partial charge in [0, 0.05) is 26.3 Å². The second-order valence-corrected chi connectivity index (χ2v) is 9.02. The van der Waals surface area contributed by atoms with E-state index in [-0.39, 0.29) is 12.5 Å². The van der Waals surface area contributed by atoms with E-state index in [4.69, 9.17) is 30.0 Å². The first-order valence-electron chi connectivity index (χ1n) is 5.76. The highest BCUT2D eigenvalue weighted by Crippen LogP contribution is 2.11. The van der Waals surface area contributed by atoms with E-state index in [2.05, 4.69) is 6.92 Å². The van der Waals surface area contributed by atoms with Gasteiger partial charge in [0.1, 0.15) is 8.07 Å². The number of aliphatic carboxylic acids is 2. The maximum atomic E-state index is 9.00. The fourth-order valence-electron chi connectivity index (χ4n) is 0.812. The third-order valence-electron chi connectivity index (χ3n) is 1.90. The molecule has 0 radical (unpaired) electrons. The lowest BCUT2D eigenvalue weighted by Gasteiger charge is -2.20. The maximum Gasteiger partial charge on any atom is 0.300 e. The van der Waals surface area contributed by atoms with Gasteiger partial charge in [-0.25, -0.2) is 0 Å². The molecule has 0 amide bonds. The van der Waals surface area contributed by atoms with Crippen LogP contribution in [-0.2, 0) is 9.59 Å². The molecule has 0 saturated heterocycles. The molecule has 0 fully saturated rings. The molecule has 110 valence electrons. The van der Waals surface area contributed by atoms with Gasteiger partial charge in [0.15, 0.2) is 0 Å². The average Bonchev–Trinajstić information content (AvgIpc) is 2.24. The van der Waals surface area contributed by atoms with Crippen molar-refractivity contribution in [1.29, 1.82) is 0 Å². The van der Waals surface area contributed by atoms with Gasteiger partial charge >= 0.3 is 0 Å². The molecular weight excluding hydrogens is 256 g/mol. The van der Waals surface area contributed by atoms with Crippen molar-refractivity contribution in [1.82, 2.24) is 0 Å². The Bertz CT molecular complexity index is 196. The van der Waals surface area contributed by atoms with Crippen molar-refractivity contribution < 1.29 is 30.0 Å². The summed E-state index contributed by atoms with van der Waals surface area (Å²) in [4.78, 5) is 18.0. The molecule has 7 heteroatoms. The highest BCUT2D eigenvalue weighted by Gasteiger charge is 2.24. The summed E-state index contributed by atoms with van der Waals surface area (Å²) in [5.41, 5.74) is 0. The van der Waals surface area contributed by atoms with Crippen molar-refractivity contribution in [2.75, 3.05) is 12.5 Å². The van der Waals surface area contributed by atoms with Crippen LogP contribution < -0.4 is 0 Å². The van der Waals surface area contributed by atoms with Crippen molar-refractivity contribution in [3.05, 3.63) is 0 Å². The second kappa shape index (κ2) is 14.1. The van der Waals surface area contributed by atoms with Crippen LogP contribution in [0.2, 0.25) is 12.6 Å². The van der Waals surface area contributed by atoms with Crippen LogP contribution in [0.15, 0.2) is 0 Å². The van der Waals surface area contributed by atoms with Crippen molar-refractivity contribution in [3.63, 3.8) is 0 Å². The zero-order chi connectivity index (χ0) is 15.2. The van der Waals surface area contributed by atoms with E-state index in [0.29, 0.717) is 0 Å². The van der Waals surface area contributed by atoms with Crippen LogP contribution in [0.1, 0.15) is 33.6 Å². The molecule has 0 aromatic rings. The molecular formula is C11H26O6Si. The molecule has 0 aliphatic heterocycles. The van der Waals surface area contributed by atoms with E-state index in [1.54, 1.807) is 0 Å². The third-order valence-corrected chi connectivity index (χ3v) is 4.98. The fraction of sp³-hybridized carbons (Fsp3) is 0.818. The quantitative estimate of drug-likeness (QED) is 0.561. The molecule has 0 aromatic heterocycles. The SMILES string of the molecule is CC(=O)O.CC(=O)O.CCCC[Si](C)(CO)CO. The summed E-state index contributed by atoms with van der Waals surface area (Å²) < 4.78 is 0. The summed E-state index contributed by atoms with van der Waals surface area (Å²) in [6.07, 6.45) is 2.75. The molecule has 0 bridgehead atoms. The zero-order valence-corrected chi connectivity index (χ0v) is 12.6. The lowest BCUT2D eigenvalue weighted by atomic mass is 10.4. The monoisotopic (exact) mass is 282 g/mol. The van der Waals surface area contributed by atoms with Crippen LogP contribution >= 0.6 is 0 Å². The first-order chi connectivity index (χ1) is 8.15. The van der Waals surface area contributed by atoms with Crippen molar-refractivity contribution in [2.24, 2.45) is 0 Å². The van der Waals surface area contributed by atoms with Crippen molar-refractivity contribution >= 4 is 20.0 Å². The highest BCUT2D eigenvalue weighted by atomic mass is 28.3. The minimum absolute atomic E-state index is 0.226. The van der Waals surface area contributed by atoms with Gasteiger partial charge < -0.3 is 20.4 Å². The lowest BCUT2D eigenvalue weighted by molar-refractivity contribution is -0.135. The summed E-state index contributed by atoms with van der Waals surface area (Å²) in [5.74, 6) is -1.67. The molecule has 0 rings (SSSR count). The molecule has 6 nitrogen and oxygen atoms in total. The molecule has 0 spiro atoms. The Morgan fingerprint density at radius 1 is 1.00 bits per heavy atom. The summed E-state index contributed by atoms with van der Waals surface area (Å²) in [5, 5.41) is 32.7. The lowest BCUT2D eigenvalue weighted by Crippen LogP contribution is -2.40. The Morgan fingerprint density at radius 2 is 1.28 bits per heavy atom. The Morgan fingerprint density at radius 3 is 1.44 bits per heavy atom. The van der Waals surface area contributed by atoms with E-state index >= 15 is 0 Å². The number of aliphatic hydroxyl groups excluding tert-OH is 2. The first-order valence-corrected chi connectivity index (χ1v) is 8.88. The number of aliphatic hydroxyl groups is 2. The third kappa shape index (κ3) is 29.4. The smallest absolute Gasteiger partial charge is 0.300 e. The Balaban J connectivity index is -0.000000233. The molecule has 0 unspecified atom stereocenters. The van der Waals surface area contributed by atoms with Gasteiger partial charge in [0.2, 0.25) is 0 Å². The van der Waals surface area contributed by atoms with E-state index < -0.39 is 20.0 Å². The van der Waals surface area contributed by atoms with E-state index in [0.717, 1.165) is 32.7 Å². The standard InChI is InChI=1S/C7H18O2Si.2C2H4O2/c1-3-4-5-10(2,6-8)7-9;2*1-2(3)4/h8-9H,3-7H2,1-2H3;2*1H3,(H,3,4). The Hall–Kier alpha value is -0.923. The van der Waals surface area contributed by atoms with Gasteiger partial charge in [-0.05, 0) is 0 Å². The molecule has 0 atom stereocenters. The molecule has 18 heavy (non-hydrogen) atoms. The van der Waals surface area contributed by atoms with E-state index in [1.807, 2.05) is 6.55 Å². The van der Waals surface area contributed by atoms with Crippen LogP contribution in [0.3, 0.4) is 0 Å². The summed E-state index contributed by atoms with van der Waals surface area (Å²) in [6, 6.07) is 1.05. The number of carboxylic acids is 2. The number of carbonyl (C=O) groups is 2. The zero-order valence-electron chi connectivity index (χ0n) is 11.6. The molecule has 0 aliphatic carbocycles. The normalized spacial score (nSPS) is 9.44. The summed E-state index contributed by atoms with van der Waals surface area (Å²) in [6.45, 7) is 6.34. The number of hydrogen-bond acceptors (Lipinski definition) is 4. The predicted octanol–water partition coefficient (Wildman–Crippen LogP) is 1.11. The van der Waals surface area contributed by atoms with Crippen LogP contribution in [0.5, 0.6) is 0 Å². The van der Waals surface area contributed by atoms with Gasteiger partial charge in [-0.15, -0.1) is 0 Å². The van der Waals surface area contributed by atoms with E-state index in [9.17, 15) is 0 Å². The van der Waals surface area contributed by atoms with Gasteiger partial charge in [-0.2, -0.15) is 0 Å². The minimum Gasteiger partial charge on any atom is -0.481 e. The topological polar surface area (TPSA) is 115 Å².